The summed E-state index contributed by atoms with van der Waals surface area (Å²) in [5.74, 6) is 1.51. The van der Waals surface area contributed by atoms with Crippen LogP contribution in [0.1, 0.15) is 22.6 Å². The summed E-state index contributed by atoms with van der Waals surface area (Å²) in [6.07, 6.45) is 1.16. The molecule has 0 bridgehead atoms. The van der Waals surface area contributed by atoms with Gasteiger partial charge in [0.1, 0.15) is 11.6 Å². The van der Waals surface area contributed by atoms with E-state index in [2.05, 4.69) is 23.0 Å². The normalized spacial score (nSPS) is 10.6. The Kier molecular flexibility index (Phi) is 5.11. The van der Waals surface area contributed by atoms with Gasteiger partial charge in [-0.1, -0.05) is 12.1 Å². The van der Waals surface area contributed by atoms with E-state index >= 15 is 0 Å². The largest absolute Gasteiger partial charge is 0.493 e. The van der Waals surface area contributed by atoms with Crippen LogP contribution in [-0.2, 0) is 12.8 Å². The first-order chi connectivity index (χ1) is 10.1. The van der Waals surface area contributed by atoms with Crippen molar-refractivity contribution >= 4 is 0 Å². The Morgan fingerprint density at radius 2 is 2.10 bits per heavy atom. The molecule has 21 heavy (non-hydrogen) atoms. The quantitative estimate of drug-likeness (QED) is 0.844. The molecule has 0 amide bonds. The zero-order valence-electron chi connectivity index (χ0n) is 12.5. The number of H-pyrrole nitrogens is 1. The third-order valence-corrected chi connectivity index (χ3v) is 3.40. The molecule has 0 saturated heterocycles. The number of benzene rings is 1. The summed E-state index contributed by atoms with van der Waals surface area (Å²) in [6.45, 7) is 5.04. The molecule has 1 aromatic carbocycles. The minimum Gasteiger partial charge on any atom is -0.493 e. The number of hydrogen-bond donors (Lipinski definition) is 2. The van der Waals surface area contributed by atoms with Crippen LogP contribution in [0, 0.1) is 13.8 Å². The van der Waals surface area contributed by atoms with Crippen molar-refractivity contribution in [3.8, 4) is 5.75 Å². The number of aromatic amines is 1. The van der Waals surface area contributed by atoms with Crippen LogP contribution in [0.25, 0.3) is 0 Å². The van der Waals surface area contributed by atoms with Gasteiger partial charge in [0.25, 0.3) is 5.56 Å². The lowest BCUT2D eigenvalue weighted by Crippen LogP contribution is -2.17. The van der Waals surface area contributed by atoms with E-state index in [9.17, 15) is 4.79 Å². The Hall–Kier alpha value is -2.14. The monoisotopic (exact) mass is 287 g/mol. The maximum Gasteiger partial charge on any atom is 0.251 e. The first-order valence-electron chi connectivity index (χ1n) is 7.08. The first kappa shape index (κ1) is 15.3. The van der Waals surface area contributed by atoms with E-state index in [1.165, 1.54) is 11.6 Å². The zero-order valence-corrected chi connectivity index (χ0v) is 12.5. The van der Waals surface area contributed by atoms with Crippen molar-refractivity contribution in [2.45, 2.75) is 26.7 Å². The molecular weight excluding hydrogens is 266 g/mol. The average molecular weight is 287 g/mol. The van der Waals surface area contributed by atoms with E-state index in [-0.39, 0.29) is 5.56 Å². The lowest BCUT2D eigenvalue weighted by molar-refractivity contribution is 0.316. The van der Waals surface area contributed by atoms with Crippen molar-refractivity contribution in [3.63, 3.8) is 0 Å². The fourth-order valence-electron chi connectivity index (χ4n) is 2.10. The predicted molar refractivity (Wildman–Crippen MR) is 82.7 cm³/mol. The van der Waals surface area contributed by atoms with Gasteiger partial charge in [0.15, 0.2) is 0 Å². The molecule has 1 aromatic heterocycles. The number of aryl methyl sites for hydroxylation is 1. The van der Waals surface area contributed by atoms with E-state index in [1.807, 2.05) is 19.1 Å². The van der Waals surface area contributed by atoms with Crippen LogP contribution >= 0.6 is 0 Å². The third-order valence-electron chi connectivity index (χ3n) is 3.40. The van der Waals surface area contributed by atoms with Gasteiger partial charge in [-0.25, -0.2) is 4.98 Å². The molecule has 0 radical (unpaired) electrons. The van der Waals surface area contributed by atoms with E-state index in [0.717, 1.165) is 17.0 Å². The number of nitrogens with two attached hydrogens (primary N) is 1. The van der Waals surface area contributed by atoms with E-state index in [0.29, 0.717) is 31.8 Å². The molecule has 0 fully saturated rings. The van der Waals surface area contributed by atoms with Gasteiger partial charge in [0, 0.05) is 24.6 Å². The molecule has 0 aliphatic rings. The number of hydrogen-bond acceptors (Lipinski definition) is 4. The highest BCUT2D eigenvalue weighted by Crippen LogP contribution is 2.20. The lowest BCUT2D eigenvalue weighted by Gasteiger charge is -2.10. The van der Waals surface area contributed by atoms with Crippen molar-refractivity contribution in [1.82, 2.24) is 9.97 Å². The highest BCUT2D eigenvalue weighted by Gasteiger charge is 2.04. The Morgan fingerprint density at radius 1 is 1.29 bits per heavy atom. The average Bonchev–Trinajstić information content (AvgIpc) is 2.43. The standard InChI is InChI=1S/C16H21N3O2/c1-11-4-3-5-14(12(11)2)21-9-7-15-18-13(6-8-17)10-16(20)19-15/h3-5,10H,6-9,17H2,1-2H3,(H,18,19,20). The van der Waals surface area contributed by atoms with Gasteiger partial charge in [0.2, 0.25) is 0 Å². The van der Waals surface area contributed by atoms with Crippen molar-refractivity contribution in [2.75, 3.05) is 13.2 Å². The summed E-state index contributed by atoms with van der Waals surface area (Å²) >= 11 is 0. The fourth-order valence-corrected chi connectivity index (χ4v) is 2.10. The van der Waals surface area contributed by atoms with Crippen molar-refractivity contribution in [1.29, 1.82) is 0 Å². The molecule has 2 aromatic rings. The van der Waals surface area contributed by atoms with Crippen molar-refractivity contribution < 1.29 is 4.74 Å². The van der Waals surface area contributed by atoms with Crippen molar-refractivity contribution in [2.24, 2.45) is 5.73 Å². The molecule has 0 spiro atoms. The summed E-state index contributed by atoms with van der Waals surface area (Å²) < 4.78 is 5.77. The van der Waals surface area contributed by atoms with E-state index < -0.39 is 0 Å². The van der Waals surface area contributed by atoms with Gasteiger partial charge in [-0.3, -0.25) is 4.79 Å². The van der Waals surface area contributed by atoms with Gasteiger partial charge < -0.3 is 15.5 Å². The Bertz CT molecular complexity index is 665. The molecule has 3 N–H and O–H groups in total. The van der Waals surface area contributed by atoms with Crippen LogP contribution in [0.2, 0.25) is 0 Å². The first-order valence-corrected chi connectivity index (χ1v) is 7.08. The van der Waals surface area contributed by atoms with Crippen LogP contribution in [0.3, 0.4) is 0 Å². The molecule has 5 heteroatoms. The molecule has 0 aliphatic carbocycles. The lowest BCUT2D eigenvalue weighted by atomic mass is 10.1. The van der Waals surface area contributed by atoms with Crippen molar-refractivity contribution in [3.05, 3.63) is 57.3 Å². The second kappa shape index (κ2) is 7.04. The summed E-state index contributed by atoms with van der Waals surface area (Å²) in [6, 6.07) is 7.46. The number of nitrogens with one attached hydrogen (secondary N) is 1. The molecule has 0 unspecified atom stereocenters. The molecule has 5 nitrogen and oxygen atoms in total. The molecule has 112 valence electrons. The Balaban J connectivity index is 2.00. The maximum absolute atomic E-state index is 11.5. The molecule has 0 aliphatic heterocycles. The highest BCUT2D eigenvalue weighted by atomic mass is 16.5. The molecule has 2 rings (SSSR count). The van der Waals surface area contributed by atoms with Gasteiger partial charge in [-0.15, -0.1) is 0 Å². The molecular formula is C16H21N3O2. The fraction of sp³-hybridized carbons (Fsp3) is 0.375. The van der Waals surface area contributed by atoms with Gasteiger partial charge in [-0.2, -0.15) is 0 Å². The Morgan fingerprint density at radius 3 is 2.86 bits per heavy atom. The Labute approximate surface area is 124 Å². The number of rotatable bonds is 6. The van der Waals surface area contributed by atoms with Gasteiger partial charge in [0.05, 0.1) is 6.61 Å². The number of ether oxygens (including phenoxy) is 1. The predicted octanol–water partition coefficient (Wildman–Crippen LogP) is 1.51. The second-order valence-electron chi connectivity index (χ2n) is 5.02. The van der Waals surface area contributed by atoms with Gasteiger partial charge in [-0.05, 0) is 37.6 Å². The van der Waals surface area contributed by atoms with E-state index in [4.69, 9.17) is 10.5 Å². The maximum atomic E-state index is 11.5. The van der Waals surface area contributed by atoms with Crippen LogP contribution < -0.4 is 16.0 Å². The number of nitrogens with zero attached hydrogens (tertiary/aromatic N) is 1. The summed E-state index contributed by atoms with van der Waals surface area (Å²) in [5, 5.41) is 0. The SMILES string of the molecule is Cc1cccc(OCCc2nc(CCN)cc(=O)[nH]2)c1C. The zero-order chi connectivity index (χ0) is 15.2. The van der Waals surface area contributed by atoms with Crippen LogP contribution in [0.4, 0.5) is 0 Å². The summed E-state index contributed by atoms with van der Waals surface area (Å²) in [7, 11) is 0. The molecule has 0 atom stereocenters. The highest BCUT2D eigenvalue weighted by molar-refractivity contribution is 5.38. The summed E-state index contributed by atoms with van der Waals surface area (Å²) in [4.78, 5) is 18.7. The van der Waals surface area contributed by atoms with Crippen LogP contribution in [-0.4, -0.2) is 23.1 Å². The minimum atomic E-state index is -0.143. The van der Waals surface area contributed by atoms with Crippen LogP contribution in [0.5, 0.6) is 5.75 Å². The third kappa shape index (κ3) is 4.16. The smallest absolute Gasteiger partial charge is 0.251 e. The van der Waals surface area contributed by atoms with Crippen LogP contribution in [0.15, 0.2) is 29.1 Å². The second-order valence-corrected chi connectivity index (χ2v) is 5.02. The van der Waals surface area contributed by atoms with E-state index in [1.54, 1.807) is 0 Å². The van der Waals surface area contributed by atoms with Gasteiger partial charge >= 0.3 is 0 Å². The summed E-state index contributed by atoms with van der Waals surface area (Å²) in [5.41, 5.74) is 8.41. The molecule has 1 heterocycles. The minimum absolute atomic E-state index is 0.143. The molecule has 0 saturated carbocycles. The number of aromatic nitrogens is 2. The topological polar surface area (TPSA) is 81.0 Å².